The predicted molar refractivity (Wildman–Crippen MR) is 76.9 cm³/mol. The number of benzene rings is 1. The average molecular weight is 256 g/mol. The summed E-state index contributed by atoms with van der Waals surface area (Å²) in [5.74, 6) is 0. The SMILES string of the molecule is Cc1cccc(C(CN)OCCc2ccccn2)c1. The molecule has 0 bridgehead atoms. The van der Waals surface area contributed by atoms with E-state index in [1.165, 1.54) is 5.56 Å². The van der Waals surface area contributed by atoms with Gasteiger partial charge in [-0.2, -0.15) is 0 Å². The molecule has 1 heterocycles. The minimum atomic E-state index is -0.0383. The second-order valence-electron chi connectivity index (χ2n) is 4.58. The van der Waals surface area contributed by atoms with E-state index in [4.69, 9.17) is 10.5 Å². The van der Waals surface area contributed by atoms with Crippen molar-refractivity contribution < 1.29 is 4.74 Å². The van der Waals surface area contributed by atoms with E-state index in [0.717, 1.165) is 17.7 Å². The molecule has 0 spiro atoms. The summed E-state index contributed by atoms with van der Waals surface area (Å²) in [6.45, 7) is 3.20. The Morgan fingerprint density at radius 2 is 2.11 bits per heavy atom. The molecule has 1 atom stereocenters. The molecule has 0 saturated heterocycles. The van der Waals surface area contributed by atoms with E-state index in [9.17, 15) is 0 Å². The zero-order valence-electron chi connectivity index (χ0n) is 11.3. The number of hydrogen-bond acceptors (Lipinski definition) is 3. The quantitative estimate of drug-likeness (QED) is 0.864. The van der Waals surface area contributed by atoms with Crippen molar-refractivity contribution >= 4 is 0 Å². The maximum absolute atomic E-state index is 5.87. The van der Waals surface area contributed by atoms with Gasteiger partial charge in [0.15, 0.2) is 0 Å². The Balaban J connectivity index is 1.89. The topological polar surface area (TPSA) is 48.1 Å². The molecule has 1 aromatic heterocycles. The Morgan fingerprint density at radius 1 is 1.21 bits per heavy atom. The Kier molecular flexibility index (Phi) is 5.07. The molecule has 1 unspecified atom stereocenters. The first-order valence-corrected chi connectivity index (χ1v) is 6.57. The van der Waals surface area contributed by atoms with Crippen LogP contribution in [0.1, 0.15) is 22.9 Å². The van der Waals surface area contributed by atoms with E-state index in [1.54, 1.807) is 6.20 Å². The Bertz CT molecular complexity index is 499. The van der Waals surface area contributed by atoms with Gasteiger partial charge in [-0.05, 0) is 24.6 Å². The first-order chi connectivity index (χ1) is 9.29. The molecule has 19 heavy (non-hydrogen) atoms. The van der Waals surface area contributed by atoms with E-state index in [1.807, 2.05) is 24.3 Å². The monoisotopic (exact) mass is 256 g/mol. The highest BCUT2D eigenvalue weighted by Gasteiger charge is 2.10. The van der Waals surface area contributed by atoms with Crippen LogP contribution in [0.25, 0.3) is 0 Å². The Morgan fingerprint density at radius 3 is 2.79 bits per heavy atom. The maximum Gasteiger partial charge on any atom is 0.0947 e. The lowest BCUT2D eigenvalue weighted by molar-refractivity contribution is 0.0604. The van der Waals surface area contributed by atoms with Crippen LogP contribution in [0.3, 0.4) is 0 Å². The third-order valence-corrected chi connectivity index (χ3v) is 3.03. The van der Waals surface area contributed by atoms with Gasteiger partial charge in [0.25, 0.3) is 0 Å². The van der Waals surface area contributed by atoms with Crippen molar-refractivity contribution in [3.8, 4) is 0 Å². The fraction of sp³-hybridized carbons (Fsp3) is 0.312. The van der Waals surface area contributed by atoms with E-state index in [-0.39, 0.29) is 6.10 Å². The van der Waals surface area contributed by atoms with E-state index >= 15 is 0 Å². The van der Waals surface area contributed by atoms with Crippen molar-refractivity contribution in [1.29, 1.82) is 0 Å². The van der Waals surface area contributed by atoms with Crippen molar-refractivity contribution in [3.63, 3.8) is 0 Å². The summed E-state index contributed by atoms with van der Waals surface area (Å²) in [5, 5.41) is 0. The predicted octanol–water partition coefficient (Wildman–Crippen LogP) is 2.65. The molecule has 0 aliphatic rings. The second kappa shape index (κ2) is 7.02. The van der Waals surface area contributed by atoms with Crippen LogP contribution in [0.5, 0.6) is 0 Å². The molecule has 2 N–H and O–H groups in total. The van der Waals surface area contributed by atoms with Crippen molar-refractivity contribution in [2.75, 3.05) is 13.2 Å². The summed E-state index contributed by atoms with van der Waals surface area (Å²) >= 11 is 0. The van der Waals surface area contributed by atoms with Crippen LogP contribution in [-0.4, -0.2) is 18.1 Å². The maximum atomic E-state index is 5.87. The minimum absolute atomic E-state index is 0.0383. The van der Waals surface area contributed by atoms with Crippen molar-refractivity contribution in [2.24, 2.45) is 5.73 Å². The zero-order chi connectivity index (χ0) is 13.5. The highest BCUT2D eigenvalue weighted by Crippen LogP contribution is 2.17. The lowest BCUT2D eigenvalue weighted by Gasteiger charge is -2.16. The Hall–Kier alpha value is -1.71. The number of aryl methyl sites for hydroxylation is 1. The smallest absolute Gasteiger partial charge is 0.0947 e. The van der Waals surface area contributed by atoms with Gasteiger partial charge in [0, 0.05) is 24.9 Å². The summed E-state index contributed by atoms with van der Waals surface area (Å²) in [6.07, 6.45) is 2.57. The molecule has 0 aliphatic carbocycles. The van der Waals surface area contributed by atoms with Crippen molar-refractivity contribution in [2.45, 2.75) is 19.4 Å². The van der Waals surface area contributed by atoms with Crippen LogP contribution in [-0.2, 0) is 11.2 Å². The van der Waals surface area contributed by atoms with E-state index < -0.39 is 0 Å². The van der Waals surface area contributed by atoms with Crippen LogP contribution in [0.2, 0.25) is 0 Å². The van der Waals surface area contributed by atoms with Gasteiger partial charge in [0.05, 0.1) is 12.7 Å². The third-order valence-electron chi connectivity index (χ3n) is 3.03. The minimum Gasteiger partial charge on any atom is -0.372 e. The number of aromatic nitrogens is 1. The molecule has 3 heteroatoms. The highest BCUT2D eigenvalue weighted by molar-refractivity contribution is 5.24. The lowest BCUT2D eigenvalue weighted by atomic mass is 10.1. The molecule has 0 radical (unpaired) electrons. The highest BCUT2D eigenvalue weighted by atomic mass is 16.5. The zero-order valence-corrected chi connectivity index (χ0v) is 11.3. The fourth-order valence-electron chi connectivity index (χ4n) is 2.02. The van der Waals surface area contributed by atoms with Crippen LogP contribution in [0, 0.1) is 6.92 Å². The van der Waals surface area contributed by atoms with Crippen LogP contribution >= 0.6 is 0 Å². The van der Waals surface area contributed by atoms with Gasteiger partial charge in [-0.3, -0.25) is 4.98 Å². The van der Waals surface area contributed by atoms with Crippen LogP contribution in [0.4, 0.5) is 0 Å². The molecule has 0 fully saturated rings. The summed E-state index contributed by atoms with van der Waals surface area (Å²) in [6, 6.07) is 14.2. The van der Waals surface area contributed by atoms with Gasteiger partial charge in [-0.25, -0.2) is 0 Å². The number of pyridine rings is 1. The molecule has 0 saturated carbocycles. The lowest BCUT2D eigenvalue weighted by Crippen LogP contribution is -2.17. The first-order valence-electron chi connectivity index (χ1n) is 6.57. The van der Waals surface area contributed by atoms with E-state index in [0.29, 0.717) is 13.2 Å². The van der Waals surface area contributed by atoms with Crippen molar-refractivity contribution in [1.82, 2.24) is 4.98 Å². The van der Waals surface area contributed by atoms with Crippen molar-refractivity contribution in [3.05, 3.63) is 65.5 Å². The molecule has 1 aromatic carbocycles. The first kappa shape index (κ1) is 13.7. The molecule has 2 aromatic rings. The average Bonchev–Trinajstić information content (AvgIpc) is 2.45. The van der Waals surface area contributed by atoms with Gasteiger partial charge in [0.1, 0.15) is 0 Å². The molecule has 0 aliphatic heterocycles. The largest absolute Gasteiger partial charge is 0.372 e. The Labute approximate surface area is 114 Å². The standard InChI is InChI=1S/C16H20N2O/c1-13-5-4-6-14(11-13)16(12-17)19-10-8-15-7-2-3-9-18-15/h2-7,9,11,16H,8,10,12,17H2,1H3. The molecule has 2 rings (SSSR count). The van der Waals surface area contributed by atoms with Gasteiger partial charge >= 0.3 is 0 Å². The van der Waals surface area contributed by atoms with Crippen LogP contribution in [0.15, 0.2) is 48.7 Å². The number of rotatable bonds is 6. The fourth-order valence-corrected chi connectivity index (χ4v) is 2.02. The molecular weight excluding hydrogens is 236 g/mol. The molecular formula is C16H20N2O. The summed E-state index contributed by atoms with van der Waals surface area (Å²) < 4.78 is 5.87. The van der Waals surface area contributed by atoms with Gasteiger partial charge in [0.2, 0.25) is 0 Å². The summed E-state index contributed by atoms with van der Waals surface area (Å²) in [4.78, 5) is 4.28. The number of hydrogen-bond donors (Lipinski definition) is 1. The van der Waals surface area contributed by atoms with Gasteiger partial charge < -0.3 is 10.5 Å². The molecule has 3 nitrogen and oxygen atoms in total. The number of nitrogens with two attached hydrogens (primary N) is 1. The molecule has 100 valence electrons. The van der Waals surface area contributed by atoms with Gasteiger partial charge in [-0.15, -0.1) is 0 Å². The number of ether oxygens (including phenoxy) is 1. The van der Waals surface area contributed by atoms with Gasteiger partial charge in [-0.1, -0.05) is 35.9 Å². The van der Waals surface area contributed by atoms with E-state index in [2.05, 4.69) is 30.1 Å². The summed E-state index contributed by atoms with van der Waals surface area (Å²) in [5.41, 5.74) is 9.21. The molecule has 0 amide bonds. The summed E-state index contributed by atoms with van der Waals surface area (Å²) in [7, 11) is 0. The third kappa shape index (κ3) is 4.16. The van der Waals surface area contributed by atoms with Crippen LogP contribution < -0.4 is 5.73 Å². The number of nitrogens with zero attached hydrogens (tertiary/aromatic N) is 1. The second-order valence-corrected chi connectivity index (χ2v) is 4.58. The normalized spacial score (nSPS) is 12.3.